The van der Waals surface area contributed by atoms with Crippen LogP contribution in [0.3, 0.4) is 0 Å². The molecule has 0 radical (unpaired) electrons. The van der Waals surface area contributed by atoms with Gasteiger partial charge in [0.25, 0.3) is 5.91 Å². The number of aromatic nitrogens is 2. The maximum Gasteiger partial charge on any atom is 0.338 e. The molecule has 3 rings (SSSR count). The van der Waals surface area contributed by atoms with Crippen molar-refractivity contribution in [2.24, 2.45) is 0 Å². The van der Waals surface area contributed by atoms with E-state index in [2.05, 4.69) is 16.9 Å². The topological polar surface area (TPSA) is 72.4 Å². The first-order valence-corrected chi connectivity index (χ1v) is 9.67. The van der Waals surface area contributed by atoms with E-state index < -0.39 is 12.1 Å². The van der Waals surface area contributed by atoms with Crippen molar-refractivity contribution in [3.8, 4) is 0 Å². The fourth-order valence-electron chi connectivity index (χ4n) is 3.59. The largest absolute Gasteiger partial charge is 0.449 e. The van der Waals surface area contributed by atoms with Gasteiger partial charge in [-0.15, -0.1) is 0 Å². The molecule has 1 fully saturated rings. The predicted molar refractivity (Wildman–Crippen MR) is 104 cm³/mol. The second-order valence-corrected chi connectivity index (χ2v) is 7.23. The van der Waals surface area contributed by atoms with Gasteiger partial charge in [-0.25, -0.2) is 14.8 Å². The van der Waals surface area contributed by atoms with Crippen molar-refractivity contribution in [2.45, 2.75) is 65.5 Å². The van der Waals surface area contributed by atoms with Gasteiger partial charge in [-0.05, 0) is 64.7 Å². The van der Waals surface area contributed by atoms with Crippen LogP contribution < -0.4 is 0 Å². The third kappa shape index (κ3) is 4.10. The Morgan fingerprint density at radius 2 is 1.89 bits per heavy atom. The number of amides is 1. The second kappa shape index (κ2) is 8.03. The van der Waals surface area contributed by atoms with E-state index in [1.807, 2.05) is 18.7 Å². The molecule has 144 valence electrons. The van der Waals surface area contributed by atoms with E-state index in [1.54, 1.807) is 25.1 Å². The minimum Gasteiger partial charge on any atom is -0.449 e. The number of benzene rings is 1. The zero-order valence-electron chi connectivity index (χ0n) is 16.5. The van der Waals surface area contributed by atoms with E-state index in [0.29, 0.717) is 11.1 Å². The number of piperidine rings is 1. The van der Waals surface area contributed by atoms with Crippen molar-refractivity contribution < 1.29 is 14.3 Å². The van der Waals surface area contributed by atoms with E-state index in [4.69, 9.17) is 4.74 Å². The van der Waals surface area contributed by atoms with Crippen LogP contribution in [0.2, 0.25) is 0 Å². The molecule has 0 aliphatic carbocycles. The van der Waals surface area contributed by atoms with E-state index in [1.165, 1.54) is 0 Å². The molecule has 1 aliphatic heterocycles. The Morgan fingerprint density at radius 3 is 2.59 bits per heavy atom. The standard InChI is InChI=1S/C21H27N3O3/c1-5-17-8-6-7-11-24(17)20(25)15(4)27-21(26)16-9-10-18-19(12-16)23-14(3)13(2)22-18/h9-10,12,15,17H,5-8,11H2,1-4H3/t15-,17+/m0/s1. The molecule has 0 bridgehead atoms. The van der Waals surface area contributed by atoms with Gasteiger partial charge >= 0.3 is 5.97 Å². The lowest BCUT2D eigenvalue weighted by Crippen LogP contribution is -2.48. The fourth-order valence-corrected chi connectivity index (χ4v) is 3.59. The molecule has 2 aromatic rings. The summed E-state index contributed by atoms with van der Waals surface area (Å²) in [7, 11) is 0. The number of aryl methyl sites for hydroxylation is 2. The molecule has 6 heteroatoms. The van der Waals surface area contributed by atoms with Crippen LogP contribution in [-0.4, -0.2) is 45.4 Å². The summed E-state index contributed by atoms with van der Waals surface area (Å²) >= 11 is 0. The Morgan fingerprint density at radius 1 is 1.19 bits per heavy atom. The second-order valence-electron chi connectivity index (χ2n) is 7.23. The summed E-state index contributed by atoms with van der Waals surface area (Å²) in [6.45, 7) is 8.27. The highest BCUT2D eigenvalue weighted by Crippen LogP contribution is 2.21. The highest BCUT2D eigenvalue weighted by atomic mass is 16.5. The average Bonchev–Trinajstić information content (AvgIpc) is 2.67. The van der Waals surface area contributed by atoms with Crippen molar-refractivity contribution in [3.05, 3.63) is 35.2 Å². The van der Waals surface area contributed by atoms with Crippen molar-refractivity contribution >= 4 is 22.9 Å². The molecule has 0 N–H and O–H groups in total. The van der Waals surface area contributed by atoms with Gasteiger partial charge < -0.3 is 9.64 Å². The van der Waals surface area contributed by atoms with Crippen molar-refractivity contribution in [2.75, 3.05) is 6.54 Å². The monoisotopic (exact) mass is 369 g/mol. The Kier molecular flexibility index (Phi) is 5.73. The van der Waals surface area contributed by atoms with Gasteiger partial charge in [0.15, 0.2) is 6.10 Å². The Hall–Kier alpha value is -2.50. The first-order chi connectivity index (χ1) is 12.9. The summed E-state index contributed by atoms with van der Waals surface area (Å²) in [5.74, 6) is -0.621. The third-order valence-corrected chi connectivity index (χ3v) is 5.32. The Bertz CT molecular complexity index is 865. The van der Waals surface area contributed by atoms with Gasteiger partial charge in [0, 0.05) is 12.6 Å². The number of nitrogens with zero attached hydrogens (tertiary/aromatic N) is 3. The summed E-state index contributed by atoms with van der Waals surface area (Å²) in [5, 5.41) is 0. The van der Waals surface area contributed by atoms with Crippen LogP contribution in [0.15, 0.2) is 18.2 Å². The number of rotatable bonds is 4. The summed E-state index contributed by atoms with van der Waals surface area (Å²) in [6, 6.07) is 5.34. The molecule has 2 atom stereocenters. The first kappa shape index (κ1) is 19.3. The fraction of sp³-hybridized carbons (Fsp3) is 0.524. The third-order valence-electron chi connectivity index (χ3n) is 5.32. The van der Waals surface area contributed by atoms with Gasteiger partial charge in [-0.3, -0.25) is 4.79 Å². The molecule has 1 aromatic heterocycles. The molecule has 0 saturated carbocycles. The summed E-state index contributed by atoms with van der Waals surface area (Å²) < 4.78 is 5.47. The molecule has 27 heavy (non-hydrogen) atoms. The number of carbonyl (C=O) groups is 2. The first-order valence-electron chi connectivity index (χ1n) is 9.67. The maximum absolute atomic E-state index is 12.8. The number of esters is 1. The Labute approximate surface area is 159 Å². The SMILES string of the molecule is CC[C@@H]1CCCCN1C(=O)[C@H](C)OC(=O)c1ccc2nc(C)c(C)nc2c1. The molecule has 1 amide bonds. The number of hydrogen-bond acceptors (Lipinski definition) is 5. The van der Waals surface area contributed by atoms with Crippen LogP contribution in [-0.2, 0) is 9.53 Å². The minimum absolute atomic E-state index is 0.109. The van der Waals surface area contributed by atoms with Crippen LogP contribution >= 0.6 is 0 Å². The quantitative estimate of drug-likeness (QED) is 0.770. The normalized spacial score (nSPS) is 18.4. The number of likely N-dealkylation sites (tertiary alicyclic amines) is 1. The zero-order valence-corrected chi connectivity index (χ0v) is 16.5. The Balaban J connectivity index is 1.73. The van der Waals surface area contributed by atoms with Gasteiger partial charge in [0.2, 0.25) is 0 Å². The van der Waals surface area contributed by atoms with E-state index in [-0.39, 0.29) is 11.9 Å². The van der Waals surface area contributed by atoms with Crippen LogP contribution in [0.1, 0.15) is 61.3 Å². The molecule has 1 saturated heterocycles. The molecular formula is C21H27N3O3. The van der Waals surface area contributed by atoms with E-state index in [9.17, 15) is 9.59 Å². The molecule has 0 unspecified atom stereocenters. The number of hydrogen-bond donors (Lipinski definition) is 0. The average molecular weight is 369 g/mol. The molecule has 0 spiro atoms. The van der Waals surface area contributed by atoms with Crippen LogP contribution in [0.5, 0.6) is 0 Å². The lowest BCUT2D eigenvalue weighted by molar-refractivity contribution is -0.143. The highest BCUT2D eigenvalue weighted by Gasteiger charge is 2.30. The van der Waals surface area contributed by atoms with Crippen LogP contribution in [0, 0.1) is 13.8 Å². The summed E-state index contributed by atoms with van der Waals surface area (Å²) in [4.78, 5) is 36.1. The maximum atomic E-state index is 12.8. The molecule has 2 heterocycles. The number of ether oxygens (including phenoxy) is 1. The van der Waals surface area contributed by atoms with Crippen LogP contribution in [0.25, 0.3) is 11.0 Å². The molecular weight excluding hydrogens is 342 g/mol. The minimum atomic E-state index is -0.800. The van der Waals surface area contributed by atoms with Gasteiger partial charge in [-0.2, -0.15) is 0 Å². The smallest absolute Gasteiger partial charge is 0.338 e. The molecule has 6 nitrogen and oxygen atoms in total. The van der Waals surface area contributed by atoms with Gasteiger partial charge in [0.05, 0.1) is 28.0 Å². The highest BCUT2D eigenvalue weighted by molar-refractivity contribution is 5.95. The zero-order chi connectivity index (χ0) is 19.6. The van der Waals surface area contributed by atoms with Gasteiger partial charge in [0.1, 0.15) is 0 Å². The van der Waals surface area contributed by atoms with E-state index >= 15 is 0 Å². The molecule has 1 aromatic carbocycles. The lowest BCUT2D eigenvalue weighted by Gasteiger charge is -2.36. The van der Waals surface area contributed by atoms with Crippen molar-refractivity contribution in [1.29, 1.82) is 0 Å². The van der Waals surface area contributed by atoms with E-state index in [0.717, 1.165) is 49.1 Å². The summed E-state index contributed by atoms with van der Waals surface area (Å²) in [6.07, 6.45) is 3.30. The number of fused-ring (bicyclic) bond motifs is 1. The molecule has 1 aliphatic rings. The van der Waals surface area contributed by atoms with Crippen LogP contribution in [0.4, 0.5) is 0 Å². The lowest BCUT2D eigenvalue weighted by atomic mass is 9.99. The van der Waals surface area contributed by atoms with Gasteiger partial charge in [-0.1, -0.05) is 6.92 Å². The number of carbonyl (C=O) groups excluding carboxylic acids is 2. The summed E-state index contributed by atoms with van der Waals surface area (Å²) in [5.41, 5.74) is 3.45. The van der Waals surface area contributed by atoms with Crippen molar-refractivity contribution in [3.63, 3.8) is 0 Å². The van der Waals surface area contributed by atoms with Crippen molar-refractivity contribution in [1.82, 2.24) is 14.9 Å². The predicted octanol–water partition coefficient (Wildman–Crippen LogP) is 3.58.